The third-order valence-electron chi connectivity index (χ3n) is 7.47. The number of rotatable bonds is 9. The van der Waals surface area contributed by atoms with Crippen molar-refractivity contribution in [2.24, 2.45) is 0 Å². The van der Waals surface area contributed by atoms with Gasteiger partial charge in [-0.1, -0.05) is 6.07 Å². The maximum absolute atomic E-state index is 14.5. The van der Waals surface area contributed by atoms with E-state index in [0.717, 1.165) is 0 Å². The van der Waals surface area contributed by atoms with Crippen LogP contribution < -0.4 is 25.7 Å². The third-order valence-corrected chi connectivity index (χ3v) is 9.79. The number of aromatic nitrogens is 2. The number of halogens is 1. The van der Waals surface area contributed by atoms with Gasteiger partial charge in [0.05, 0.1) is 64.4 Å². The van der Waals surface area contributed by atoms with Gasteiger partial charge in [0.1, 0.15) is 6.04 Å². The first kappa shape index (κ1) is 31.2. The van der Waals surface area contributed by atoms with Crippen molar-refractivity contribution >= 4 is 62.5 Å². The number of amides is 2. The molecule has 0 unspecified atom stereocenters. The minimum absolute atomic E-state index is 0.0472. The minimum Gasteiger partial charge on any atom is -0.493 e. The van der Waals surface area contributed by atoms with Crippen molar-refractivity contribution in [3.05, 3.63) is 76.1 Å². The van der Waals surface area contributed by atoms with Gasteiger partial charge in [0.15, 0.2) is 11.5 Å². The summed E-state index contributed by atoms with van der Waals surface area (Å²) in [5, 5.41) is 11.6. The molecule has 4 N–H and O–H groups in total. The van der Waals surface area contributed by atoms with Gasteiger partial charge >= 0.3 is 6.09 Å². The first-order valence-corrected chi connectivity index (χ1v) is 17.5. The Morgan fingerprint density at radius 2 is 1.73 bits per heavy atom. The number of fused-ring (bicyclic) bond motifs is 1. The highest BCUT2D eigenvalue weighted by molar-refractivity contribution is 14.2. The molecule has 3 aromatic carbocycles. The molecule has 0 aliphatic carbocycles. The standard InChI is InChI=1S/C29H30IN5O8S/c1-41-23-10-6-16(13-24(23)42-2)26(31-17-7-9-21-19(14-17)27(36)34-33-21)28(37)35-12-4-5-22(35)20-15-18(32-29(38)43-3)8-11-25(20)44(30,39)40/h6-11,13-15,22,26,31H,4-5,12H2,1-3H3,(H,32,38)(H2,33,34,36)/t22-,26-/m1/s1. The first-order valence-electron chi connectivity index (χ1n) is 13.5. The second-order valence-electron chi connectivity index (χ2n) is 10.0. The van der Waals surface area contributed by atoms with Crippen molar-refractivity contribution in [3.63, 3.8) is 0 Å². The van der Waals surface area contributed by atoms with Crippen LogP contribution in [0.1, 0.15) is 36.1 Å². The van der Waals surface area contributed by atoms with E-state index >= 15 is 0 Å². The Morgan fingerprint density at radius 1 is 0.977 bits per heavy atom. The zero-order valence-electron chi connectivity index (χ0n) is 24.0. The number of hydrogen-bond acceptors (Lipinski definition) is 9. The van der Waals surface area contributed by atoms with Crippen LogP contribution in [0.2, 0.25) is 0 Å². The Kier molecular flexibility index (Phi) is 9.05. The number of H-pyrrole nitrogens is 2. The number of aromatic amines is 2. The van der Waals surface area contributed by atoms with E-state index in [-0.39, 0.29) is 16.4 Å². The number of carbonyl (C=O) groups excluding carboxylic acids is 2. The summed E-state index contributed by atoms with van der Waals surface area (Å²) in [6.45, 7) is 0.362. The highest BCUT2D eigenvalue weighted by Crippen LogP contribution is 2.41. The summed E-state index contributed by atoms with van der Waals surface area (Å²) < 4.78 is 41.2. The largest absolute Gasteiger partial charge is 0.493 e. The molecule has 2 atom stereocenters. The highest BCUT2D eigenvalue weighted by Gasteiger charge is 2.37. The van der Waals surface area contributed by atoms with Crippen LogP contribution in [0.15, 0.2) is 64.3 Å². The number of hydrogen-bond donors (Lipinski definition) is 4. The summed E-state index contributed by atoms with van der Waals surface area (Å²) in [5.74, 6) is 0.569. The fourth-order valence-corrected chi connectivity index (χ4v) is 7.32. The van der Waals surface area contributed by atoms with Crippen LogP contribution >= 0.6 is 21.2 Å². The molecule has 232 valence electrons. The topological polar surface area (TPSA) is 172 Å². The summed E-state index contributed by atoms with van der Waals surface area (Å²) in [7, 11) is 0.512. The second kappa shape index (κ2) is 12.8. The molecular formula is C29H30IN5O8S. The van der Waals surface area contributed by atoms with Gasteiger partial charge in [-0.15, -0.1) is 0 Å². The lowest BCUT2D eigenvalue weighted by Gasteiger charge is -2.31. The number of ether oxygens (including phenoxy) is 3. The van der Waals surface area contributed by atoms with Gasteiger partial charge in [0, 0.05) is 17.9 Å². The van der Waals surface area contributed by atoms with Gasteiger partial charge in [-0.3, -0.25) is 25.1 Å². The molecule has 15 heteroatoms. The summed E-state index contributed by atoms with van der Waals surface area (Å²) in [4.78, 5) is 40.4. The monoisotopic (exact) mass is 735 g/mol. The van der Waals surface area contributed by atoms with Crippen molar-refractivity contribution in [1.82, 2.24) is 15.1 Å². The summed E-state index contributed by atoms with van der Waals surface area (Å²) >= 11 is 1.37. The summed E-state index contributed by atoms with van der Waals surface area (Å²) in [6, 6.07) is 13.1. The maximum atomic E-state index is 14.5. The molecule has 13 nitrogen and oxygen atoms in total. The summed E-state index contributed by atoms with van der Waals surface area (Å²) in [5.41, 5.74) is 2.10. The van der Waals surface area contributed by atoms with Crippen LogP contribution in [0.4, 0.5) is 16.2 Å². The Bertz CT molecular complexity index is 1890. The Hall–Kier alpha value is -4.25. The van der Waals surface area contributed by atoms with E-state index in [9.17, 15) is 22.8 Å². The molecule has 1 aliphatic heterocycles. The number of likely N-dealkylation sites (tertiary alicyclic amines) is 1. The zero-order chi connectivity index (χ0) is 31.6. The number of methoxy groups -OCH3 is 3. The Labute approximate surface area is 264 Å². The maximum Gasteiger partial charge on any atom is 0.411 e. The minimum atomic E-state index is -3.72. The van der Waals surface area contributed by atoms with Gasteiger partial charge in [-0.05, 0) is 72.5 Å². The fourth-order valence-electron chi connectivity index (χ4n) is 5.41. The first-order chi connectivity index (χ1) is 21.0. The number of carbonyl (C=O) groups is 2. The van der Waals surface area contributed by atoms with Crippen molar-refractivity contribution in [2.45, 2.75) is 29.8 Å². The molecule has 4 aromatic rings. The molecule has 2 heterocycles. The molecule has 1 saturated heterocycles. The molecule has 1 aliphatic rings. The van der Waals surface area contributed by atoms with E-state index in [0.29, 0.717) is 64.3 Å². The predicted molar refractivity (Wildman–Crippen MR) is 172 cm³/mol. The molecule has 44 heavy (non-hydrogen) atoms. The average Bonchev–Trinajstić information content (AvgIpc) is 3.65. The summed E-state index contributed by atoms with van der Waals surface area (Å²) in [6.07, 6.45) is 0.404. The lowest BCUT2D eigenvalue weighted by molar-refractivity contribution is -0.133. The highest BCUT2D eigenvalue weighted by atomic mass is 127. The average molecular weight is 736 g/mol. The number of benzene rings is 3. The van der Waals surface area contributed by atoms with E-state index < -0.39 is 25.2 Å². The van der Waals surface area contributed by atoms with Crippen LogP contribution in [-0.4, -0.2) is 63.4 Å². The molecular weight excluding hydrogens is 705 g/mol. The van der Waals surface area contributed by atoms with E-state index in [2.05, 4.69) is 20.8 Å². The number of nitrogens with one attached hydrogen (secondary N) is 4. The van der Waals surface area contributed by atoms with Gasteiger partial charge in [0.25, 0.3) is 5.56 Å². The van der Waals surface area contributed by atoms with Crippen molar-refractivity contribution < 1.29 is 32.2 Å². The molecule has 2 amide bonds. The van der Waals surface area contributed by atoms with Crippen LogP contribution in [0.25, 0.3) is 10.9 Å². The molecule has 5 rings (SSSR count). The van der Waals surface area contributed by atoms with Crippen LogP contribution in [-0.2, 0) is 16.5 Å². The van der Waals surface area contributed by atoms with Gasteiger partial charge < -0.3 is 24.4 Å². The molecule has 0 spiro atoms. The Balaban J connectivity index is 1.58. The smallest absolute Gasteiger partial charge is 0.411 e. The second-order valence-corrected chi connectivity index (χ2v) is 14.8. The molecule has 0 saturated carbocycles. The normalized spacial score (nSPS) is 15.5. The van der Waals surface area contributed by atoms with E-state index in [1.807, 2.05) is 0 Å². The lowest BCUT2D eigenvalue weighted by atomic mass is 10.0. The lowest BCUT2D eigenvalue weighted by Crippen LogP contribution is -2.38. The zero-order valence-corrected chi connectivity index (χ0v) is 26.9. The van der Waals surface area contributed by atoms with Crippen molar-refractivity contribution in [2.75, 3.05) is 38.5 Å². The van der Waals surface area contributed by atoms with Crippen molar-refractivity contribution in [3.8, 4) is 11.5 Å². The van der Waals surface area contributed by atoms with E-state index in [1.165, 1.54) is 54.7 Å². The quantitative estimate of drug-likeness (QED) is 0.141. The molecule has 0 radical (unpaired) electrons. The molecule has 1 fully saturated rings. The van der Waals surface area contributed by atoms with Crippen LogP contribution in [0.5, 0.6) is 11.5 Å². The Morgan fingerprint density at radius 3 is 2.43 bits per heavy atom. The van der Waals surface area contributed by atoms with Crippen LogP contribution in [0.3, 0.4) is 0 Å². The van der Waals surface area contributed by atoms with Crippen molar-refractivity contribution in [1.29, 1.82) is 0 Å². The number of nitrogens with zero attached hydrogens (tertiary/aromatic N) is 1. The molecule has 0 bridgehead atoms. The van der Waals surface area contributed by atoms with Gasteiger partial charge in [-0.25, -0.2) is 13.2 Å². The van der Waals surface area contributed by atoms with E-state index in [1.54, 1.807) is 47.4 Å². The van der Waals surface area contributed by atoms with E-state index in [4.69, 9.17) is 14.2 Å². The van der Waals surface area contributed by atoms with Gasteiger partial charge in [0.2, 0.25) is 12.9 Å². The third kappa shape index (κ3) is 6.33. The fraction of sp³-hybridized carbons (Fsp3) is 0.276. The van der Waals surface area contributed by atoms with Crippen LogP contribution in [0, 0.1) is 0 Å². The predicted octanol–water partition coefficient (Wildman–Crippen LogP) is 4.69. The van der Waals surface area contributed by atoms with Gasteiger partial charge in [-0.2, -0.15) is 0 Å². The number of anilines is 2. The SMILES string of the molecule is COC(=O)Nc1ccc(S(=O)(=O)I)c([C@H]2CCCN2C(=O)[C@H](Nc2ccc3[nH][nH]c(=O)c3c2)c2ccc(OC)c(OC)c2)c1. The molecule has 1 aromatic heterocycles.